The Labute approximate surface area is 98.9 Å². The molecule has 0 atom stereocenters. The lowest BCUT2D eigenvalue weighted by Gasteiger charge is -1.95. The van der Waals surface area contributed by atoms with E-state index in [1.807, 2.05) is 0 Å². The summed E-state index contributed by atoms with van der Waals surface area (Å²) in [7, 11) is 0. The van der Waals surface area contributed by atoms with Gasteiger partial charge in [-0.25, -0.2) is 0 Å². The quantitative estimate of drug-likeness (QED) is 0.425. The SMILES string of the molecule is C=C(Cl)C=CCCC(=O)OC=CCC(=O)O. The van der Waals surface area contributed by atoms with Crippen LogP contribution in [-0.2, 0) is 14.3 Å². The van der Waals surface area contributed by atoms with Crippen LogP contribution in [0.3, 0.4) is 0 Å². The van der Waals surface area contributed by atoms with Crippen molar-refractivity contribution in [1.82, 2.24) is 0 Å². The molecule has 0 aliphatic heterocycles. The van der Waals surface area contributed by atoms with Gasteiger partial charge in [0.25, 0.3) is 0 Å². The van der Waals surface area contributed by atoms with Crippen molar-refractivity contribution >= 4 is 23.5 Å². The number of carbonyl (C=O) groups excluding carboxylic acids is 1. The van der Waals surface area contributed by atoms with Gasteiger partial charge in [-0.15, -0.1) is 0 Å². The van der Waals surface area contributed by atoms with Crippen LogP contribution in [0.4, 0.5) is 0 Å². The first-order valence-corrected chi connectivity index (χ1v) is 4.97. The van der Waals surface area contributed by atoms with Crippen molar-refractivity contribution in [2.45, 2.75) is 19.3 Å². The van der Waals surface area contributed by atoms with E-state index in [0.717, 1.165) is 6.26 Å². The first-order valence-electron chi connectivity index (χ1n) is 4.59. The van der Waals surface area contributed by atoms with Crippen molar-refractivity contribution in [1.29, 1.82) is 0 Å². The minimum Gasteiger partial charge on any atom is -0.481 e. The summed E-state index contributed by atoms with van der Waals surface area (Å²) in [5.74, 6) is -1.40. The number of carboxylic acid groups (broad SMARTS) is 1. The van der Waals surface area contributed by atoms with E-state index in [2.05, 4.69) is 11.3 Å². The van der Waals surface area contributed by atoms with E-state index in [0.29, 0.717) is 11.5 Å². The maximum Gasteiger partial charge on any atom is 0.310 e. The summed E-state index contributed by atoms with van der Waals surface area (Å²) < 4.78 is 4.63. The Bertz CT molecular complexity index is 318. The average molecular weight is 245 g/mol. The molecule has 0 rings (SSSR count). The molecule has 0 heterocycles. The minimum absolute atomic E-state index is 0.167. The van der Waals surface area contributed by atoms with Crippen LogP contribution in [0.25, 0.3) is 0 Å². The number of rotatable bonds is 7. The maximum atomic E-state index is 11.0. The molecule has 0 saturated carbocycles. The van der Waals surface area contributed by atoms with E-state index < -0.39 is 11.9 Å². The zero-order valence-electron chi connectivity index (χ0n) is 8.69. The van der Waals surface area contributed by atoms with Gasteiger partial charge >= 0.3 is 11.9 Å². The molecule has 0 aromatic heterocycles. The predicted octanol–water partition coefficient (Wildman–Crippen LogP) is 2.61. The second kappa shape index (κ2) is 8.73. The lowest BCUT2D eigenvalue weighted by Crippen LogP contribution is -1.98. The number of aliphatic carboxylic acids is 1. The van der Waals surface area contributed by atoms with Gasteiger partial charge in [-0.2, -0.15) is 0 Å². The van der Waals surface area contributed by atoms with Crippen LogP contribution in [0, 0.1) is 0 Å². The molecule has 0 amide bonds. The molecular formula is C11H13ClO4. The molecule has 0 unspecified atom stereocenters. The number of carbonyl (C=O) groups is 2. The lowest BCUT2D eigenvalue weighted by molar-refractivity contribution is -0.139. The second-order valence-corrected chi connectivity index (χ2v) is 3.33. The maximum absolute atomic E-state index is 11.0. The fraction of sp³-hybridized carbons (Fsp3) is 0.273. The van der Waals surface area contributed by atoms with Crippen molar-refractivity contribution in [2.75, 3.05) is 0 Å². The van der Waals surface area contributed by atoms with Gasteiger partial charge in [0.05, 0.1) is 12.7 Å². The molecule has 0 spiro atoms. The smallest absolute Gasteiger partial charge is 0.310 e. The summed E-state index contributed by atoms with van der Waals surface area (Å²) in [4.78, 5) is 21.1. The molecule has 16 heavy (non-hydrogen) atoms. The Balaban J connectivity index is 3.63. The zero-order valence-corrected chi connectivity index (χ0v) is 9.44. The summed E-state index contributed by atoms with van der Waals surface area (Å²) >= 11 is 5.46. The molecule has 4 nitrogen and oxygen atoms in total. The van der Waals surface area contributed by atoms with Crippen molar-refractivity contribution in [3.63, 3.8) is 0 Å². The molecule has 5 heteroatoms. The van der Waals surface area contributed by atoms with Gasteiger partial charge in [-0.3, -0.25) is 9.59 Å². The number of allylic oxidation sites excluding steroid dienone is 3. The summed E-state index contributed by atoms with van der Waals surface area (Å²) in [5.41, 5.74) is 0. The number of ether oxygens (including phenoxy) is 1. The van der Waals surface area contributed by atoms with Crippen molar-refractivity contribution in [3.8, 4) is 0 Å². The van der Waals surface area contributed by atoms with Crippen LogP contribution in [0.15, 0.2) is 36.1 Å². The summed E-state index contributed by atoms with van der Waals surface area (Å²) in [6.07, 6.45) is 6.18. The van der Waals surface area contributed by atoms with Crippen LogP contribution >= 0.6 is 11.6 Å². The Morgan fingerprint density at radius 3 is 2.62 bits per heavy atom. The third-order valence-electron chi connectivity index (χ3n) is 1.40. The van der Waals surface area contributed by atoms with E-state index >= 15 is 0 Å². The van der Waals surface area contributed by atoms with Crippen LogP contribution in [0.1, 0.15) is 19.3 Å². The monoisotopic (exact) mass is 244 g/mol. The standard InChI is InChI=1S/C11H13ClO4/c1-9(12)5-2-3-7-11(15)16-8-4-6-10(13)14/h2,4-5,8H,1,3,6-7H2,(H,13,14). The molecular weight excluding hydrogens is 232 g/mol. The summed E-state index contributed by atoms with van der Waals surface area (Å²) in [6, 6.07) is 0. The van der Waals surface area contributed by atoms with Crippen LogP contribution in [-0.4, -0.2) is 17.0 Å². The first-order chi connectivity index (χ1) is 7.52. The number of esters is 1. The predicted molar refractivity (Wildman–Crippen MR) is 60.9 cm³/mol. The molecule has 0 aliphatic rings. The third kappa shape index (κ3) is 10.5. The molecule has 0 radical (unpaired) electrons. The van der Waals surface area contributed by atoms with E-state index in [1.165, 1.54) is 6.08 Å². The summed E-state index contributed by atoms with van der Waals surface area (Å²) in [6.45, 7) is 3.44. The largest absolute Gasteiger partial charge is 0.481 e. The van der Waals surface area contributed by atoms with Gasteiger partial charge in [0, 0.05) is 11.5 Å². The number of hydrogen-bond acceptors (Lipinski definition) is 3. The van der Waals surface area contributed by atoms with E-state index in [-0.39, 0.29) is 12.8 Å². The number of halogens is 1. The second-order valence-electron chi connectivity index (χ2n) is 2.85. The van der Waals surface area contributed by atoms with Gasteiger partial charge in [0.15, 0.2) is 0 Å². The van der Waals surface area contributed by atoms with Gasteiger partial charge in [-0.1, -0.05) is 24.3 Å². The van der Waals surface area contributed by atoms with Crippen LogP contribution in [0.5, 0.6) is 0 Å². The van der Waals surface area contributed by atoms with E-state index in [4.69, 9.17) is 16.7 Å². The molecule has 88 valence electrons. The Kier molecular flexibility index (Phi) is 7.89. The molecule has 0 bridgehead atoms. The van der Waals surface area contributed by atoms with Gasteiger partial charge in [0.1, 0.15) is 0 Å². The first kappa shape index (κ1) is 14.5. The van der Waals surface area contributed by atoms with E-state index in [1.54, 1.807) is 12.2 Å². The van der Waals surface area contributed by atoms with Crippen LogP contribution < -0.4 is 0 Å². The molecule has 0 fully saturated rings. The van der Waals surface area contributed by atoms with Crippen molar-refractivity contribution in [3.05, 3.63) is 36.1 Å². The Morgan fingerprint density at radius 1 is 1.38 bits per heavy atom. The highest BCUT2D eigenvalue weighted by Crippen LogP contribution is 2.01. The minimum atomic E-state index is -0.976. The fourth-order valence-electron chi connectivity index (χ4n) is 0.744. The highest BCUT2D eigenvalue weighted by molar-refractivity contribution is 6.30. The highest BCUT2D eigenvalue weighted by Gasteiger charge is 1.98. The zero-order chi connectivity index (χ0) is 12.4. The van der Waals surface area contributed by atoms with Crippen LogP contribution in [0.2, 0.25) is 0 Å². The van der Waals surface area contributed by atoms with Crippen molar-refractivity contribution < 1.29 is 19.4 Å². The highest BCUT2D eigenvalue weighted by atomic mass is 35.5. The Hall–Kier alpha value is -1.55. The topological polar surface area (TPSA) is 63.6 Å². The Morgan fingerprint density at radius 2 is 2.06 bits per heavy atom. The molecule has 0 aromatic carbocycles. The third-order valence-corrected chi connectivity index (χ3v) is 1.53. The lowest BCUT2D eigenvalue weighted by atomic mass is 10.3. The normalized spacial score (nSPS) is 10.8. The fourth-order valence-corrected chi connectivity index (χ4v) is 0.833. The number of hydrogen-bond donors (Lipinski definition) is 1. The molecule has 0 aromatic rings. The van der Waals surface area contributed by atoms with Gasteiger partial charge in [0.2, 0.25) is 0 Å². The van der Waals surface area contributed by atoms with Gasteiger partial charge < -0.3 is 9.84 Å². The molecule has 0 aliphatic carbocycles. The van der Waals surface area contributed by atoms with Gasteiger partial charge in [-0.05, 0) is 18.6 Å². The molecule has 1 N–H and O–H groups in total. The molecule has 0 saturated heterocycles. The van der Waals surface area contributed by atoms with Crippen molar-refractivity contribution in [2.24, 2.45) is 0 Å². The summed E-state index contributed by atoms with van der Waals surface area (Å²) in [5, 5.41) is 8.68. The number of carboxylic acids is 1. The van der Waals surface area contributed by atoms with E-state index in [9.17, 15) is 9.59 Å². The average Bonchev–Trinajstić information content (AvgIpc) is 2.19.